The minimum absolute atomic E-state index is 0.0407. The molecule has 0 saturated carbocycles. The zero-order chi connectivity index (χ0) is 19.7. The number of benzene rings is 2. The van der Waals surface area contributed by atoms with Crippen LogP contribution in [0, 0.1) is 0 Å². The van der Waals surface area contributed by atoms with Gasteiger partial charge in [0.05, 0.1) is 7.11 Å². The molecule has 0 heterocycles. The molecule has 0 aliphatic heterocycles. The van der Waals surface area contributed by atoms with Gasteiger partial charge in [0, 0.05) is 12.8 Å². The Balaban J connectivity index is 1.95. The van der Waals surface area contributed by atoms with Crippen molar-refractivity contribution in [2.45, 2.75) is 31.4 Å². The standard InChI is InChI=1S/C20H21F2NO4/c1-26-18(24)17(13-20(21,22)12-15-8-4-2-5-9-15)23-19(25)27-14-16-10-6-3-7-11-16/h2-11,17H,12-14H2,1H3,(H,23,25). The van der Waals surface area contributed by atoms with Crippen molar-refractivity contribution < 1.29 is 27.8 Å². The molecule has 0 fully saturated rings. The lowest BCUT2D eigenvalue weighted by Gasteiger charge is -2.22. The van der Waals surface area contributed by atoms with Gasteiger partial charge < -0.3 is 14.8 Å². The average Bonchev–Trinajstić information content (AvgIpc) is 2.66. The summed E-state index contributed by atoms with van der Waals surface area (Å²) in [7, 11) is 1.07. The fraction of sp³-hybridized carbons (Fsp3) is 0.300. The molecule has 0 spiro atoms. The van der Waals surface area contributed by atoms with E-state index in [4.69, 9.17) is 4.74 Å². The van der Waals surface area contributed by atoms with Gasteiger partial charge in [-0.15, -0.1) is 0 Å². The Bertz CT molecular complexity index is 738. The van der Waals surface area contributed by atoms with Gasteiger partial charge in [0.25, 0.3) is 5.92 Å². The molecule has 2 rings (SSSR count). The van der Waals surface area contributed by atoms with Gasteiger partial charge in [0.1, 0.15) is 12.6 Å². The minimum Gasteiger partial charge on any atom is -0.467 e. The second-order valence-electron chi connectivity index (χ2n) is 6.00. The number of hydrogen-bond donors (Lipinski definition) is 1. The molecule has 144 valence electrons. The van der Waals surface area contributed by atoms with Crippen LogP contribution in [0.25, 0.3) is 0 Å². The molecule has 1 N–H and O–H groups in total. The SMILES string of the molecule is COC(=O)C(CC(F)(F)Cc1ccccc1)NC(=O)OCc1ccccc1. The highest BCUT2D eigenvalue weighted by molar-refractivity contribution is 5.81. The Morgan fingerprint density at radius 2 is 1.56 bits per heavy atom. The molecule has 1 atom stereocenters. The number of amides is 1. The van der Waals surface area contributed by atoms with E-state index in [1.54, 1.807) is 54.6 Å². The topological polar surface area (TPSA) is 64.6 Å². The van der Waals surface area contributed by atoms with Gasteiger partial charge in [-0.3, -0.25) is 0 Å². The molecule has 2 aromatic carbocycles. The molecule has 7 heteroatoms. The predicted octanol–water partition coefficient (Wildman–Crippen LogP) is 3.72. The van der Waals surface area contributed by atoms with Gasteiger partial charge in [-0.2, -0.15) is 0 Å². The highest BCUT2D eigenvalue weighted by atomic mass is 19.3. The lowest BCUT2D eigenvalue weighted by atomic mass is 10.0. The van der Waals surface area contributed by atoms with Gasteiger partial charge in [-0.1, -0.05) is 60.7 Å². The molecule has 27 heavy (non-hydrogen) atoms. The monoisotopic (exact) mass is 377 g/mol. The third-order valence-corrected chi connectivity index (χ3v) is 3.80. The van der Waals surface area contributed by atoms with Crippen LogP contribution in [-0.4, -0.2) is 31.1 Å². The Morgan fingerprint density at radius 1 is 1.00 bits per heavy atom. The number of alkyl halides is 2. The van der Waals surface area contributed by atoms with Gasteiger partial charge in [-0.25, -0.2) is 18.4 Å². The zero-order valence-corrected chi connectivity index (χ0v) is 14.9. The lowest BCUT2D eigenvalue weighted by Crippen LogP contribution is -2.45. The van der Waals surface area contributed by atoms with E-state index in [-0.39, 0.29) is 6.61 Å². The fourth-order valence-corrected chi connectivity index (χ4v) is 2.51. The van der Waals surface area contributed by atoms with E-state index < -0.39 is 36.9 Å². The molecule has 1 amide bonds. The lowest BCUT2D eigenvalue weighted by molar-refractivity contribution is -0.145. The van der Waals surface area contributed by atoms with Crippen LogP contribution in [0.15, 0.2) is 60.7 Å². The number of halogens is 2. The number of esters is 1. The van der Waals surface area contributed by atoms with Crippen molar-refractivity contribution in [3.8, 4) is 0 Å². The molecule has 0 aliphatic rings. The number of nitrogens with one attached hydrogen (secondary N) is 1. The molecule has 0 aliphatic carbocycles. The Labute approximate surface area is 156 Å². The number of carbonyl (C=O) groups excluding carboxylic acids is 2. The van der Waals surface area contributed by atoms with E-state index in [9.17, 15) is 18.4 Å². The first kappa shape index (κ1) is 20.4. The summed E-state index contributed by atoms with van der Waals surface area (Å²) in [6.45, 7) is -0.0407. The Morgan fingerprint density at radius 3 is 2.11 bits per heavy atom. The summed E-state index contributed by atoms with van der Waals surface area (Å²) in [5.41, 5.74) is 1.16. The summed E-state index contributed by atoms with van der Waals surface area (Å²) in [6, 6.07) is 15.5. The third-order valence-electron chi connectivity index (χ3n) is 3.80. The van der Waals surface area contributed by atoms with Crippen molar-refractivity contribution in [2.24, 2.45) is 0 Å². The number of methoxy groups -OCH3 is 1. The van der Waals surface area contributed by atoms with Crippen LogP contribution in [0.2, 0.25) is 0 Å². The smallest absolute Gasteiger partial charge is 0.408 e. The third kappa shape index (κ3) is 7.05. The number of hydrogen-bond acceptors (Lipinski definition) is 4. The average molecular weight is 377 g/mol. The molecular formula is C20H21F2NO4. The van der Waals surface area contributed by atoms with Crippen LogP contribution < -0.4 is 5.32 Å². The van der Waals surface area contributed by atoms with Crippen molar-refractivity contribution in [1.82, 2.24) is 5.32 Å². The van der Waals surface area contributed by atoms with Gasteiger partial charge in [-0.05, 0) is 11.1 Å². The number of carbonyl (C=O) groups is 2. The first-order chi connectivity index (χ1) is 12.9. The van der Waals surface area contributed by atoms with Gasteiger partial charge in [0.15, 0.2) is 0 Å². The molecule has 0 saturated heterocycles. The van der Waals surface area contributed by atoms with Crippen LogP contribution in [0.5, 0.6) is 0 Å². The molecule has 0 radical (unpaired) electrons. The molecular weight excluding hydrogens is 356 g/mol. The summed E-state index contributed by atoms with van der Waals surface area (Å²) in [6.07, 6.45) is -2.42. The van der Waals surface area contributed by atoms with Crippen molar-refractivity contribution in [3.05, 3.63) is 71.8 Å². The van der Waals surface area contributed by atoms with Crippen LogP contribution in [0.4, 0.5) is 13.6 Å². The fourth-order valence-electron chi connectivity index (χ4n) is 2.51. The van der Waals surface area contributed by atoms with E-state index in [0.717, 1.165) is 12.7 Å². The number of ether oxygens (including phenoxy) is 2. The number of alkyl carbamates (subject to hydrolysis) is 1. The van der Waals surface area contributed by atoms with Crippen LogP contribution in [0.1, 0.15) is 17.5 Å². The van der Waals surface area contributed by atoms with Crippen LogP contribution in [0.3, 0.4) is 0 Å². The highest BCUT2D eigenvalue weighted by Crippen LogP contribution is 2.26. The minimum atomic E-state index is -3.22. The zero-order valence-electron chi connectivity index (χ0n) is 14.9. The van der Waals surface area contributed by atoms with Crippen molar-refractivity contribution in [2.75, 3.05) is 7.11 Å². The largest absolute Gasteiger partial charge is 0.467 e. The first-order valence-electron chi connectivity index (χ1n) is 8.36. The van der Waals surface area contributed by atoms with Gasteiger partial charge in [0.2, 0.25) is 0 Å². The molecule has 5 nitrogen and oxygen atoms in total. The van der Waals surface area contributed by atoms with E-state index in [1.807, 2.05) is 6.07 Å². The Kier molecular flexibility index (Phi) is 7.28. The second-order valence-corrected chi connectivity index (χ2v) is 6.00. The maximum atomic E-state index is 14.4. The second kappa shape index (κ2) is 9.66. The van der Waals surface area contributed by atoms with Crippen LogP contribution >= 0.6 is 0 Å². The predicted molar refractivity (Wildman–Crippen MR) is 95.3 cm³/mol. The van der Waals surface area contributed by atoms with Crippen LogP contribution in [-0.2, 0) is 27.3 Å². The summed E-state index contributed by atoms with van der Waals surface area (Å²) in [5.74, 6) is -4.17. The van der Waals surface area contributed by atoms with E-state index in [1.165, 1.54) is 0 Å². The first-order valence-corrected chi connectivity index (χ1v) is 8.36. The quantitative estimate of drug-likeness (QED) is 0.712. The summed E-state index contributed by atoms with van der Waals surface area (Å²) >= 11 is 0. The Hall–Kier alpha value is -2.96. The van der Waals surface area contributed by atoms with E-state index >= 15 is 0 Å². The summed E-state index contributed by atoms with van der Waals surface area (Å²) in [5, 5.41) is 2.16. The number of rotatable bonds is 8. The summed E-state index contributed by atoms with van der Waals surface area (Å²) < 4.78 is 38.2. The van der Waals surface area contributed by atoms with Gasteiger partial charge >= 0.3 is 12.1 Å². The van der Waals surface area contributed by atoms with Crippen molar-refractivity contribution in [1.29, 1.82) is 0 Å². The van der Waals surface area contributed by atoms with Crippen molar-refractivity contribution >= 4 is 12.1 Å². The van der Waals surface area contributed by atoms with E-state index in [0.29, 0.717) is 5.56 Å². The molecule has 1 unspecified atom stereocenters. The highest BCUT2D eigenvalue weighted by Gasteiger charge is 2.37. The molecule has 0 bridgehead atoms. The molecule has 2 aromatic rings. The van der Waals surface area contributed by atoms with E-state index in [2.05, 4.69) is 10.1 Å². The summed E-state index contributed by atoms with van der Waals surface area (Å²) in [4.78, 5) is 23.7. The molecule has 0 aromatic heterocycles. The maximum Gasteiger partial charge on any atom is 0.408 e. The van der Waals surface area contributed by atoms with Crippen molar-refractivity contribution in [3.63, 3.8) is 0 Å². The normalized spacial score (nSPS) is 12.1. The maximum absolute atomic E-state index is 14.4.